The number of hydrogen-bond donors (Lipinski definition) is 14. The second kappa shape index (κ2) is 25.1. The van der Waals surface area contributed by atoms with Crippen LogP contribution in [-0.2, 0) is 44.5 Å². The molecule has 0 saturated carbocycles. The molecule has 2 aromatic rings. The van der Waals surface area contributed by atoms with Gasteiger partial charge in [0.2, 0.25) is 23.3 Å². The van der Waals surface area contributed by atoms with Crippen molar-refractivity contribution in [2.45, 2.75) is 95.9 Å². The smallest absolute Gasteiger partial charge is 0.412 e. The third kappa shape index (κ3) is 15.8. The van der Waals surface area contributed by atoms with Crippen molar-refractivity contribution in [2.24, 2.45) is 32.9 Å². The van der Waals surface area contributed by atoms with Crippen LogP contribution in [0.2, 0.25) is 0 Å². The van der Waals surface area contributed by atoms with Crippen LogP contribution < -0.4 is 44.2 Å². The van der Waals surface area contributed by atoms with Gasteiger partial charge in [-0.2, -0.15) is 0 Å². The van der Waals surface area contributed by atoms with Crippen molar-refractivity contribution >= 4 is 59.2 Å². The summed E-state index contributed by atoms with van der Waals surface area (Å²) >= 11 is 0. The van der Waals surface area contributed by atoms with Crippen molar-refractivity contribution in [3.8, 4) is 0 Å². The Morgan fingerprint density at radius 3 is 1.22 bits per heavy atom. The summed E-state index contributed by atoms with van der Waals surface area (Å²) in [6.07, 6.45) is -10.4. The van der Waals surface area contributed by atoms with E-state index < -0.39 is 133 Å². The van der Waals surface area contributed by atoms with Crippen LogP contribution in [0.3, 0.4) is 0 Å². The summed E-state index contributed by atoms with van der Waals surface area (Å²) in [5.74, 6) is -6.69. The largest absolute Gasteiger partial charge is 0.477 e. The summed E-state index contributed by atoms with van der Waals surface area (Å²) < 4.78 is 21.9. The van der Waals surface area contributed by atoms with Crippen LogP contribution in [0.15, 0.2) is 82.2 Å². The van der Waals surface area contributed by atoms with Gasteiger partial charge in [-0.25, -0.2) is 29.2 Å². The lowest BCUT2D eigenvalue weighted by atomic mass is 9.92. The Morgan fingerprint density at radius 1 is 0.627 bits per heavy atom. The Balaban J connectivity index is 0.00000771. The molecular weight excluding hydrogens is 889 g/mol. The fraction of sp³-hybridized carbons (Fsp3) is 0.415. The van der Waals surface area contributed by atoms with Crippen LogP contribution in [0.4, 0.5) is 21.0 Å². The van der Waals surface area contributed by atoms with E-state index in [4.69, 9.17) is 41.9 Å². The second-order valence-corrected chi connectivity index (χ2v) is 14.4. The van der Waals surface area contributed by atoms with Crippen LogP contribution in [0, 0.1) is 0 Å². The zero-order valence-electron chi connectivity index (χ0n) is 34.6. The van der Waals surface area contributed by atoms with E-state index in [1.807, 2.05) is 0 Å². The molecule has 0 fully saturated rings. The maximum atomic E-state index is 13.1. The Kier molecular flexibility index (Phi) is 20.8. The molecule has 0 spiro atoms. The van der Waals surface area contributed by atoms with Crippen molar-refractivity contribution < 1.29 is 78.4 Å². The minimum atomic E-state index is -1.83. The molecular formula is C41H58N10O16. The lowest BCUT2D eigenvalue weighted by molar-refractivity contribution is -0.146. The average Bonchev–Trinajstić information content (AvgIpc) is 3.23. The van der Waals surface area contributed by atoms with E-state index in [-0.39, 0.29) is 26.2 Å². The molecule has 0 radical (unpaired) electrons. The molecule has 0 aliphatic carbocycles. The summed E-state index contributed by atoms with van der Waals surface area (Å²) in [4.78, 5) is 82.1. The highest BCUT2D eigenvalue weighted by atomic mass is 16.6. The molecule has 0 aromatic heterocycles. The molecule has 18 N–H and O–H groups in total. The maximum absolute atomic E-state index is 13.1. The Morgan fingerprint density at radius 2 is 0.955 bits per heavy atom. The highest BCUT2D eigenvalue weighted by molar-refractivity contribution is 5.87. The number of amides is 4. The SMILES string of the molecule is C.C.CC(=O)N[C@H]1[C@H]([C@H](OC(=O)Nc2ccc(Cc3ccc(NC(=O)O[C@@H]([C@@H]4OC(C(=O)O)=C[C@H](N=C(N)N)[C@H]4NC(C)=O)[C@H](O)CO)cc3)cc2)[C@H](O)CO)OC(C(=O)O)=C[C@@H]1N=C(N)N. The Bertz CT molecular complexity index is 2030. The van der Waals surface area contributed by atoms with Gasteiger partial charge in [0.1, 0.15) is 12.2 Å². The van der Waals surface area contributed by atoms with Crippen molar-refractivity contribution in [1.82, 2.24) is 10.6 Å². The summed E-state index contributed by atoms with van der Waals surface area (Å²) in [5, 5.41) is 70.2. The molecule has 0 saturated heterocycles. The highest BCUT2D eigenvalue weighted by Gasteiger charge is 2.48. The van der Waals surface area contributed by atoms with E-state index in [1.165, 1.54) is 24.3 Å². The van der Waals surface area contributed by atoms with Gasteiger partial charge in [0.15, 0.2) is 36.3 Å². The minimum absolute atomic E-state index is 0. The number of carbonyl (C=O) groups is 6. The van der Waals surface area contributed by atoms with Crippen LogP contribution in [0.25, 0.3) is 0 Å². The first-order chi connectivity index (χ1) is 30.7. The first kappa shape index (κ1) is 55.5. The molecule has 368 valence electrons. The number of anilines is 2. The molecule has 0 unspecified atom stereocenters. The van der Waals surface area contributed by atoms with E-state index in [9.17, 15) is 59.4 Å². The number of nitrogens with two attached hydrogens (primary N) is 4. The molecule has 26 nitrogen and oxygen atoms in total. The minimum Gasteiger partial charge on any atom is -0.477 e. The molecule has 0 bridgehead atoms. The molecule has 67 heavy (non-hydrogen) atoms. The lowest BCUT2D eigenvalue weighted by Gasteiger charge is -2.39. The number of ether oxygens (including phenoxy) is 4. The van der Waals surface area contributed by atoms with Crippen molar-refractivity contribution in [3.63, 3.8) is 0 Å². The van der Waals surface area contributed by atoms with Crippen LogP contribution in [0.1, 0.15) is 39.8 Å². The first-order valence-corrected chi connectivity index (χ1v) is 19.4. The fourth-order valence-corrected chi connectivity index (χ4v) is 6.72. The zero-order chi connectivity index (χ0) is 48.1. The highest BCUT2D eigenvalue weighted by Crippen LogP contribution is 2.29. The molecule has 10 atom stereocenters. The number of carbonyl (C=O) groups excluding carboxylic acids is 4. The second-order valence-electron chi connectivity index (χ2n) is 14.4. The number of carboxylic acids is 2. The van der Waals surface area contributed by atoms with Crippen molar-refractivity contribution in [3.05, 3.63) is 83.3 Å². The molecule has 26 heteroatoms. The van der Waals surface area contributed by atoms with Crippen molar-refractivity contribution in [1.29, 1.82) is 0 Å². The summed E-state index contributed by atoms with van der Waals surface area (Å²) in [6, 6.07) is 7.71. The summed E-state index contributed by atoms with van der Waals surface area (Å²) in [7, 11) is 0. The van der Waals surface area contributed by atoms with Gasteiger partial charge >= 0.3 is 24.1 Å². The van der Waals surface area contributed by atoms with E-state index in [0.717, 1.165) is 37.1 Å². The third-order valence-corrected chi connectivity index (χ3v) is 9.45. The molecule has 4 amide bonds. The fourth-order valence-electron chi connectivity index (χ4n) is 6.72. The van der Waals surface area contributed by atoms with Crippen LogP contribution in [-0.4, -0.2) is 153 Å². The number of aliphatic hydroxyl groups is 4. The van der Waals surface area contributed by atoms with E-state index in [2.05, 4.69) is 31.3 Å². The molecule has 2 aliphatic rings. The van der Waals surface area contributed by atoms with Gasteiger partial charge in [-0.15, -0.1) is 0 Å². The van der Waals surface area contributed by atoms with Crippen molar-refractivity contribution in [2.75, 3.05) is 23.8 Å². The van der Waals surface area contributed by atoms with Crippen LogP contribution in [0.5, 0.6) is 0 Å². The van der Waals surface area contributed by atoms with Gasteiger partial charge in [0.25, 0.3) is 0 Å². The number of carboxylic acid groups (broad SMARTS) is 2. The number of guanidine groups is 2. The van der Waals surface area contributed by atoms with Gasteiger partial charge in [-0.1, -0.05) is 39.1 Å². The predicted octanol–water partition coefficient (Wildman–Crippen LogP) is -1.88. The zero-order valence-corrected chi connectivity index (χ0v) is 34.6. The number of aliphatic carboxylic acids is 2. The quantitative estimate of drug-likeness (QED) is 0.0574. The lowest BCUT2D eigenvalue weighted by Crippen LogP contribution is -2.61. The third-order valence-electron chi connectivity index (χ3n) is 9.45. The van der Waals surface area contributed by atoms with Gasteiger partial charge in [0, 0.05) is 25.2 Å². The van der Waals surface area contributed by atoms with E-state index in [0.29, 0.717) is 6.42 Å². The normalized spacial score (nSPS) is 21.2. The maximum Gasteiger partial charge on any atom is 0.412 e. The summed E-state index contributed by atoms with van der Waals surface area (Å²) in [5.41, 5.74) is 24.0. The molecule has 4 rings (SSSR count). The van der Waals surface area contributed by atoms with E-state index >= 15 is 0 Å². The molecule has 2 aromatic carbocycles. The molecule has 2 heterocycles. The number of hydrogen-bond acceptors (Lipinski definition) is 16. The standard InChI is InChI=1S/C39H50N10O16.2CH4/c1-16(52)44-28-22(48-36(40)41)12-26(34(56)57)62-32(28)30(24(54)14-50)64-38(60)46-20-7-3-18(4-8-20)11-19-5-9-21(10-6-19)47-39(61)65-31(25(55)15-51)33-29(45-17(2)53)23(49-37(42)43)13-27(63-33)35(58)59;;/h3-10,12-13,22-25,28-33,50-51,54-55H,11,14-15H2,1-2H3,(H,44,52)(H,45,53)(H,46,60)(H,47,61)(H,56,57)(H,58,59)(H4,40,41,48)(H4,42,43,49);2*1H4/t22-,23-,24+,25+,28+,29+,30+,31+,32+,33+;;/m0../s1. The number of benzene rings is 2. The number of aliphatic imine (C=N–C) groups is 2. The van der Waals surface area contributed by atoms with E-state index in [1.54, 1.807) is 24.3 Å². The first-order valence-electron chi connectivity index (χ1n) is 19.4. The summed E-state index contributed by atoms with van der Waals surface area (Å²) in [6.45, 7) is 0.342. The van der Waals surface area contributed by atoms with Gasteiger partial charge in [-0.3, -0.25) is 20.2 Å². The van der Waals surface area contributed by atoms with Gasteiger partial charge < -0.3 is 83.2 Å². The number of aliphatic hydroxyl groups excluding tert-OH is 4. The van der Waals surface area contributed by atoms with Crippen LogP contribution >= 0.6 is 0 Å². The average molecular weight is 947 g/mol. The monoisotopic (exact) mass is 946 g/mol. The number of nitrogens with one attached hydrogen (secondary N) is 4. The number of nitrogens with zero attached hydrogens (tertiary/aromatic N) is 2. The topological polar surface area (TPSA) is 438 Å². The van der Waals surface area contributed by atoms with Gasteiger partial charge in [-0.05, 0) is 54.0 Å². The Hall–Kier alpha value is -7.68. The molecule has 2 aliphatic heterocycles. The Labute approximate surface area is 383 Å². The van der Waals surface area contributed by atoms with Gasteiger partial charge in [0.05, 0.1) is 37.4 Å². The number of rotatable bonds is 18. The predicted molar refractivity (Wildman–Crippen MR) is 239 cm³/mol.